The van der Waals surface area contributed by atoms with Gasteiger partial charge in [-0.3, -0.25) is 4.79 Å². The number of piperidine rings is 1. The van der Waals surface area contributed by atoms with Crippen LogP contribution in [0.1, 0.15) is 76.3 Å². The summed E-state index contributed by atoms with van der Waals surface area (Å²) in [4.78, 5) is 13.0. The first-order chi connectivity index (χ1) is 19.2. The van der Waals surface area contributed by atoms with Gasteiger partial charge in [0.05, 0.1) is 26.7 Å². The second-order valence-electron chi connectivity index (χ2n) is 12.9. The molecule has 5 nitrogen and oxygen atoms in total. The lowest BCUT2D eigenvalue weighted by Gasteiger charge is -2.60. The van der Waals surface area contributed by atoms with Gasteiger partial charge in [-0.1, -0.05) is 69.3 Å². The van der Waals surface area contributed by atoms with Gasteiger partial charge in [-0.05, 0) is 67.9 Å². The maximum atomic E-state index is 13.0. The molecule has 2 aromatic rings. The van der Waals surface area contributed by atoms with Gasteiger partial charge in [-0.25, -0.2) is 0 Å². The van der Waals surface area contributed by atoms with Crippen LogP contribution < -0.4 is 10.1 Å². The van der Waals surface area contributed by atoms with Gasteiger partial charge < -0.3 is 19.6 Å². The molecule has 4 rings (SSSR count). The summed E-state index contributed by atoms with van der Waals surface area (Å²) in [6, 6.07) is 18.9. The highest BCUT2D eigenvalue weighted by molar-refractivity contribution is 5.76. The number of nitrogens with zero attached hydrogens (tertiary/aromatic N) is 1. The fourth-order valence-electron chi connectivity index (χ4n) is 7.74. The van der Waals surface area contributed by atoms with Crippen LogP contribution in [0, 0.1) is 5.92 Å². The highest BCUT2D eigenvalue weighted by atomic mass is 16.5. The van der Waals surface area contributed by atoms with E-state index in [9.17, 15) is 9.90 Å². The quantitative estimate of drug-likeness (QED) is 0.178. The van der Waals surface area contributed by atoms with Crippen LogP contribution in [0.15, 0.2) is 67.3 Å². The Morgan fingerprint density at radius 1 is 1.15 bits per heavy atom. The number of carbonyl (C=O) groups excluding carboxylic acids is 1. The smallest absolute Gasteiger partial charge is 0.220 e. The van der Waals surface area contributed by atoms with E-state index in [0.717, 1.165) is 86.9 Å². The second-order valence-corrected chi connectivity index (χ2v) is 12.9. The third-order valence-corrected chi connectivity index (χ3v) is 9.47. The van der Waals surface area contributed by atoms with Crippen LogP contribution in [0.2, 0.25) is 0 Å². The maximum absolute atomic E-state index is 13.0. The minimum atomic E-state index is -0.853. The molecule has 1 saturated carbocycles. The topological polar surface area (TPSA) is 58.6 Å². The van der Waals surface area contributed by atoms with E-state index in [-0.39, 0.29) is 11.9 Å². The number of unbranched alkanes of at least 4 members (excludes halogenated alkanes) is 2. The van der Waals surface area contributed by atoms with Crippen LogP contribution in [-0.4, -0.2) is 60.4 Å². The molecule has 0 aromatic heterocycles. The van der Waals surface area contributed by atoms with Crippen molar-refractivity contribution < 1.29 is 19.1 Å². The number of aryl methyl sites for hydroxylation is 1. The first-order valence-corrected chi connectivity index (χ1v) is 15.4. The minimum Gasteiger partial charge on any atom is -0.497 e. The third kappa shape index (κ3) is 6.98. The molecule has 40 heavy (non-hydrogen) atoms. The Morgan fingerprint density at radius 3 is 2.67 bits per heavy atom. The highest BCUT2D eigenvalue weighted by Gasteiger charge is 2.62. The largest absolute Gasteiger partial charge is 0.497 e. The van der Waals surface area contributed by atoms with Crippen LogP contribution in [0.5, 0.6) is 5.75 Å². The lowest BCUT2D eigenvalue weighted by atomic mass is 9.54. The number of rotatable bonds is 13. The first-order valence-electron chi connectivity index (χ1n) is 15.4. The maximum Gasteiger partial charge on any atom is 0.220 e. The number of carbonyl (C=O) groups is 1. The Balaban J connectivity index is 1.45. The van der Waals surface area contributed by atoms with E-state index in [1.165, 1.54) is 5.56 Å². The lowest BCUT2D eigenvalue weighted by molar-refractivity contribution is -0.938. The number of quaternary nitrogens is 1. The number of amides is 1. The monoisotopic (exact) mass is 547 g/mol. The standard InChI is InChI=1S/C35H50N2O3/c1-5-22-37(26-28(2)3)23-21-34(30-16-12-17-32(24-30)40-4)25-31(19-20-35(34,39)27-37)36-33(38)18-11-7-10-15-29-13-8-6-9-14-29/h5-6,8-9,12-14,16-17,24,28,31,39H,1,7,10-11,15,18-23,25-27H2,2-4H3/p+1/t31-,34+,35?,37-/m0/s1. The molecule has 1 unspecified atom stereocenters. The van der Waals surface area contributed by atoms with Crippen LogP contribution >= 0.6 is 0 Å². The van der Waals surface area contributed by atoms with Gasteiger partial charge in [-0.2, -0.15) is 0 Å². The Bertz CT molecular complexity index is 1120. The summed E-state index contributed by atoms with van der Waals surface area (Å²) < 4.78 is 6.48. The van der Waals surface area contributed by atoms with Crippen molar-refractivity contribution in [3.8, 4) is 5.75 Å². The molecule has 0 spiro atoms. The van der Waals surface area contributed by atoms with Crippen LogP contribution in [0.25, 0.3) is 0 Å². The summed E-state index contributed by atoms with van der Waals surface area (Å²) >= 11 is 0. The second kappa shape index (κ2) is 13.4. The molecular weight excluding hydrogens is 496 g/mol. The molecule has 1 heterocycles. The minimum absolute atomic E-state index is 0.0628. The predicted octanol–water partition coefficient (Wildman–Crippen LogP) is 6.20. The van der Waals surface area contributed by atoms with E-state index in [2.05, 4.69) is 62.1 Å². The fraction of sp³-hybridized carbons (Fsp3) is 0.571. The van der Waals surface area contributed by atoms with Gasteiger partial charge >= 0.3 is 0 Å². The number of benzene rings is 2. The van der Waals surface area contributed by atoms with E-state index >= 15 is 0 Å². The van der Waals surface area contributed by atoms with E-state index in [0.29, 0.717) is 18.8 Å². The lowest BCUT2D eigenvalue weighted by Crippen LogP contribution is -2.72. The Hall–Kier alpha value is -2.63. The SMILES string of the molecule is C=CC[N@@+]1(CC(C)C)CC[C@]2(c3cccc(OC)c3)C[C@@H](NC(=O)CCCCCc3ccccc3)CCC2(O)C1. The van der Waals surface area contributed by atoms with Crippen molar-refractivity contribution in [3.63, 3.8) is 0 Å². The first kappa shape index (κ1) is 30.3. The predicted molar refractivity (Wildman–Crippen MR) is 163 cm³/mol. The molecule has 1 saturated heterocycles. The number of hydrogen-bond donors (Lipinski definition) is 2. The molecular formula is C35H51N2O3+. The number of ether oxygens (including phenoxy) is 1. The molecule has 218 valence electrons. The Morgan fingerprint density at radius 2 is 1.95 bits per heavy atom. The van der Waals surface area contributed by atoms with Crippen molar-refractivity contribution in [2.24, 2.45) is 5.92 Å². The molecule has 1 aliphatic heterocycles. The summed E-state index contributed by atoms with van der Waals surface area (Å²) in [5, 5.41) is 16.0. The molecule has 2 aromatic carbocycles. The molecule has 2 fully saturated rings. The van der Waals surface area contributed by atoms with Crippen molar-refractivity contribution in [2.75, 3.05) is 33.3 Å². The van der Waals surface area contributed by atoms with Gasteiger partial charge in [-0.15, -0.1) is 0 Å². The number of aliphatic hydroxyl groups is 1. The highest BCUT2D eigenvalue weighted by Crippen LogP contribution is 2.53. The number of hydrogen-bond acceptors (Lipinski definition) is 3. The number of nitrogens with one attached hydrogen (secondary N) is 1. The van der Waals surface area contributed by atoms with Gasteiger partial charge in [0.1, 0.15) is 17.9 Å². The summed E-state index contributed by atoms with van der Waals surface area (Å²) in [5.74, 6) is 1.50. The Kier molecular flexibility index (Phi) is 10.1. The molecule has 0 bridgehead atoms. The number of fused-ring (bicyclic) bond motifs is 1. The van der Waals surface area contributed by atoms with Crippen molar-refractivity contribution >= 4 is 5.91 Å². The molecule has 2 aliphatic rings. The summed E-state index contributed by atoms with van der Waals surface area (Å²) in [6.07, 6.45) is 9.84. The number of methoxy groups -OCH3 is 1. The van der Waals surface area contributed by atoms with Crippen molar-refractivity contribution in [1.29, 1.82) is 0 Å². The van der Waals surface area contributed by atoms with Gasteiger partial charge in [0.15, 0.2) is 0 Å². The van der Waals surface area contributed by atoms with Crippen LogP contribution in [0.4, 0.5) is 0 Å². The summed E-state index contributed by atoms with van der Waals surface area (Å²) in [6.45, 7) is 12.2. The van der Waals surface area contributed by atoms with Gasteiger partial charge in [0.2, 0.25) is 5.91 Å². The summed E-state index contributed by atoms with van der Waals surface area (Å²) in [5.41, 5.74) is 1.22. The van der Waals surface area contributed by atoms with E-state index in [1.807, 2.05) is 24.3 Å². The third-order valence-electron chi connectivity index (χ3n) is 9.47. The van der Waals surface area contributed by atoms with E-state index in [1.54, 1.807) is 7.11 Å². The van der Waals surface area contributed by atoms with Crippen LogP contribution in [-0.2, 0) is 16.6 Å². The van der Waals surface area contributed by atoms with Crippen molar-refractivity contribution in [2.45, 2.75) is 88.7 Å². The van der Waals surface area contributed by atoms with Gasteiger partial charge in [0, 0.05) is 30.2 Å². The van der Waals surface area contributed by atoms with E-state index < -0.39 is 11.0 Å². The van der Waals surface area contributed by atoms with Crippen molar-refractivity contribution in [3.05, 3.63) is 78.4 Å². The average Bonchev–Trinajstić information content (AvgIpc) is 2.93. The zero-order valence-electron chi connectivity index (χ0n) is 25.0. The Labute approximate surface area is 242 Å². The molecule has 0 radical (unpaired) electrons. The average molecular weight is 548 g/mol. The van der Waals surface area contributed by atoms with Gasteiger partial charge in [0.25, 0.3) is 0 Å². The molecule has 1 amide bonds. The number of likely N-dealkylation sites (tertiary alicyclic amines) is 1. The zero-order valence-corrected chi connectivity index (χ0v) is 25.0. The van der Waals surface area contributed by atoms with Crippen LogP contribution in [0.3, 0.4) is 0 Å². The van der Waals surface area contributed by atoms with Crippen molar-refractivity contribution in [1.82, 2.24) is 5.32 Å². The summed E-state index contributed by atoms with van der Waals surface area (Å²) in [7, 11) is 1.70. The molecule has 5 heteroatoms. The molecule has 2 N–H and O–H groups in total. The molecule has 4 atom stereocenters. The van der Waals surface area contributed by atoms with E-state index in [4.69, 9.17) is 4.74 Å². The fourth-order valence-corrected chi connectivity index (χ4v) is 7.74. The molecule has 1 aliphatic carbocycles. The normalized spacial score (nSPS) is 28.1. The zero-order chi connectivity index (χ0) is 28.6.